The number of hydrogen-bond acceptors (Lipinski definition) is 2. The fourth-order valence-corrected chi connectivity index (χ4v) is 3.98. The molecule has 0 atom stereocenters. The lowest BCUT2D eigenvalue weighted by atomic mass is 10.1. The van der Waals surface area contributed by atoms with Crippen LogP contribution in [0.1, 0.15) is 27.2 Å². The summed E-state index contributed by atoms with van der Waals surface area (Å²) in [6.07, 6.45) is 0.187. The molecule has 1 heterocycles. The Balaban J connectivity index is 1.89. The fraction of sp³-hybridized carbons (Fsp3) is 0.105. The van der Waals surface area contributed by atoms with Gasteiger partial charge in [0.25, 0.3) is 5.56 Å². The van der Waals surface area contributed by atoms with E-state index in [0.29, 0.717) is 25.4 Å². The highest BCUT2D eigenvalue weighted by Gasteiger charge is 2.08. The Morgan fingerprint density at radius 3 is 2.29 bits per heavy atom. The number of thiol groups is 1. The van der Waals surface area contributed by atoms with E-state index >= 15 is 0 Å². The van der Waals surface area contributed by atoms with Crippen LogP contribution in [0.5, 0.6) is 0 Å². The Hall–Kier alpha value is -2.27. The number of aromatic nitrogens is 2. The molecule has 9 heteroatoms. The SMILES string of the molecule is O=C(O)c1ccc(C[SH]=c2[nH]c(Cc3cc(F)cc(F)c3)c(I)c(=O)[nH]2)cc1. The second kappa shape index (κ2) is 8.82. The van der Waals surface area contributed by atoms with E-state index in [0.717, 1.165) is 23.0 Å². The van der Waals surface area contributed by atoms with Gasteiger partial charge < -0.3 is 15.1 Å². The average Bonchev–Trinajstić information content (AvgIpc) is 2.63. The maximum atomic E-state index is 13.4. The van der Waals surface area contributed by atoms with E-state index in [9.17, 15) is 18.4 Å². The second-order valence-electron chi connectivity index (χ2n) is 5.99. The van der Waals surface area contributed by atoms with Crippen LogP contribution in [0.3, 0.4) is 0 Å². The molecule has 1 aromatic heterocycles. The molecular formula is C19H15F2IN2O3S. The third kappa shape index (κ3) is 5.16. The number of hydrogen-bond donors (Lipinski definition) is 4. The van der Waals surface area contributed by atoms with Crippen LogP contribution in [0, 0.1) is 20.0 Å². The van der Waals surface area contributed by atoms with Crippen LogP contribution in [-0.2, 0) is 12.2 Å². The molecule has 0 radical (unpaired) electrons. The van der Waals surface area contributed by atoms with Crippen molar-refractivity contribution in [2.75, 3.05) is 0 Å². The lowest BCUT2D eigenvalue weighted by Crippen LogP contribution is -2.15. The quantitative estimate of drug-likeness (QED) is 0.234. The van der Waals surface area contributed by atoms with E-state index in [4.69, 9.17) is 5.11 Å². The van der Waals surface area contributed by atoms with Crippen LogP contribution in [-0.4, -0.2) is 21.0 Å². The highest BCUT2D eigenvalue weighted by Crippen LogP contribution is 2.15. The van der Waals surface area contributed by atoms with Gasteiger partial charge in [-0.2, -0.15) is 11.4 Å². The van der Waals surface area contributed by atoms with Gasteiger partial charge in [-0.1, -0.05) is 12.1 Å². The molecule has 0 aliphatic rings. The summed E-state index contributed by atoms with van der Waals surface area (Å²) in [7, 11) is 0. The molecule has 0 amide bonds. The molecule has 0 unspecified atom stereocenters. The van der Waals surface area contributed by atoms with E-state index < -0.39 is 17.6 Å². The summed E-state index contributed by atoms with van der Waals surface area (Å²) >= 11 is 2.66. The van der Waals surface area contributed by atoms with Gasteiger partial charge in [-0.05, 0) is 58.0 Å². The predicted molar refractivity (Wildman–Crippen MR) is 113 cm³/mol. The summed E-state index contributed by atoms with van der Waals surface area (Å²) in [6.45, 7) is 0. The number of carbonyl (C=O) groups is 1. The minimum absolute atomic E-state index is 0.187. The van der Waals surface area contributed by atoms with Crippen molar-refractivity contribution in [2.45, 2.75) is 12.2 Å². The van der Waals surface area contributed by atoms with Crippen molar-refractivity contribution >= 4 is 39.9 Å². The first-order valence-corrected chi connectivity index (χ1v) is 10.3. The number of aromatic carboxylic acids is 1. The summed E-state index contributed by atoms with van der Waals surface area (Å²) in [6, 6.07) is 9.76. The van der Waals surface area contributed by atoms with E-state index in [1.54, 1.807) is 12.1 Å². The summed E-state index contributed by atoms with van der Waals surface area (Å²) in [5.74, 6) is -1.77. The third-order valence-corrected chi connectivity index (χ3v) is 6.09. The molecule has 3 aromatic rings. The molecular weight excluding hydrogens is 501 g/mol. The van der Waals surface area contributed by atoms with Crippen LogP contribution in [0.15, 0.2) is 47.3 Å². The van der Waals surface area contributed by atoms with Crippen molar-refractivity contribution in [3.63, 3.8) is 0 Å². The molecule has 0 spiro atoms. The minimum atomic E-state index is -0.988. The zero-order chi connectivity index (χ0) is 20.3. The molecule has 0 saturated carbocycles. The Morgan fingerprint density at radius 2 is 1.68 bits per heavy atom. The van der Waals surface area contributed by atoms with Gasteiger partial charge in [-0.15, -0.1) is 0 Å². The maximum absolute atomic E-state index is 13.4. The van der Waals surface area contributed by atoms with Gasteiger partial charge in [0, 0.05) is 23.9 Å². The zero-order valence-corrected chi connectivity index (χ0v) is 17.4. The molecule has 0 fully saturated rings. The standard InChI is InChI=1S/C19H15F2IN2O3S/c20-13-5-11(6-14(21)8-13)7-15-16(22)17(25)24-19(23-15)28-9-10-1-3-12(4-2-10)18(26)27/h1-6,8,23,28H,7,9H2,(H,24,25)(H,26,27). The highest BCUT2D eigenvalue weighted by molar-refractivity contribution is 14.1. The van der Waals surface area contributed by atoms with Gasteiger partial charge in [0.15, 0.2) is 0 Å². The fourth-order valence-electron chi connectivity index (χ4n) is 2.57. The van der Waals surface area contributed by atoms with Gasteiger partial charge in [-0.3, -0.25) is 4.79 Å². The van der Waals surface area contributed by atoms with Crippen molar-refractivity contribution < 1.29 is 18.7 Å². The van der Waals surface area contributed by atoms with E-state index in [2.05, 4.69) is 9.97 Å². The predicted octanol–water partition coefficient (Wildman–Crippen LogP) is 4.07. The number of aromatic amines is 2. The summed E-state index contributed by atoms with van der Waals surface area (Å²) in [4.78, 5) is 29.0. The van der Waals surface area contributed by atoms with Gasteiger partial charge in [0.2, 0.25) is 0 Å². The number of rotatable bonds is 5. The monoisotopic (exact) mass is 516 g/mol. The molecule has 0 saturated heterocycles. The third-order valence-electron chi connectivity index (χ3n) is 3.89. The molecule has 0 bridgehead atoms. The highest BCUT2D eigenvalue weighted by atomic mass is 127. The van der Waals surface area contributed by atoms with E-state index in [-0.39, 0.29) is 17.5 Å². The first kappa shape index (κ1) is 20.5. The molecule has 0 aliphatic carbocycles. The molecule has 0 aliphatic heterocycles. The Labute approximate surface area is 175 Å². The van der Waals surface area contributed by atoms with Crippen LogP contribution in [0.4, 0.5) is 8.78 Å². The van der Waals surface area contributed by atoms with Crippen LogP contribution < -0.4 is 5.56 Å². The van der Waals surface area contributed by atoms with Crippen LogP contribution in [0.2, 0.25) is 0 Å². The number of carboxylic acids is 1. The largest absolute Gasteiger partial charge is 0.478 e. The van der Waals surface area contributed by atoms with Crippen molar-refractivity contribution in [1.82, 2.24) is 9.97 Å². The zero-order valence-electron chi connectivity index (χ0n) is 14.3. The van der Waals surface area contributed by atoms with Crippen LogP contribution in [0.25, 0.3) is 0 Å². The van der Waals surface area contributed by atoms with Crippen LogP contribution >= 0.6 is 33.9 Å². The van der Waals surface area contributed by atoms with Gasteiger partial charge >= 0.3 is 5.97 Å². The normalized spacial score (nSPS) is 11.9. The Bertz CT molecular complexity index is 1140. The number of nitrogens with one attached hydrogen (secondary N) is 2. The maximum Gasteiger partial charge on any atom is 0.335 e. The molecule has 146 valence electrons. The lowest BCUT2D eigenvalue weighted by Gasteiger charge is -2.06. The van der Waals surface area contributed by atoms with Gasteiger partial charge in [0.05, 0.1) is 9.13 Å². The molecule has 3 N–H and O–H groups in total. The number of benzene rings is 2. The number of halogens is 3. The lowest BCUT2D eigenvalue weighted by molar-refractivity contribution is 0.0697. The summed E-state index contributed by atoms with van der Waals surface area (Å²) in [5, 5.41) is 8.93. The van der Waals surface area contributed by atoms with Gasteiger partial charge in [0.1, 0.15) is 16.4 Å². The van der Waals surface area contributed by atoms with Crippen molar-refractivity contribution in [3.05, 3.63) is 95.2 Å². The number of carboxylic acid groups (broad SMARTS) is 1. The van der Waals surface area contributed by atoms with E-state index in [1.165, 1.54) is 24.3 Å². The Morgan fingerprint density at radius 1 is 1.04 bits per heavy atom. The van der Waals surface area contributed by atoms with Crippen molar-refractivity contribution in [2.24, 2.45) is 0 Å². The van der Waals surface area contributed by atoms with Gasteiger partial charge in [-0.25, -0.2) is 13.6 Å². The average molecular weight is 516 g/mol. The smallest absolute Gasteiger partial charge is 0.335 e. The topological polar surface area (TPSA) is 85.9 Å². The van der Waals surface area contributed by atoms with Crippen molar-refractivity contribution in [1.29, 1.82) is 0 Å². The minimum Gasteiger partial charge on any atom is -0.478 e. The first-order chi connectivity index (χ1) is 13.3. The summed E-state index contributed by atoms with van der Waals surface area (Å²) in [5.41, 5.74) is 1.82. The Kier molecular flexibility index (Phi) is 6.45. The molecule has 2 aromatic carbocycles. The number of H-pyrrole nitrogens is 2. The molecule has 3 rings (SSSR count). The second-order valence-corrected chi connectivity index (χ2v) is 8.15. The van der Waals surface area contributed by atoms with Crippen molar-refractivity contribution in [3.8, 4) is 0 Å². The van der Waals surface area contributed by atoms with E-state index in [1.807, 2.05) is 22.6 Å². The first-order valence-electron chi connectivity index (χ1n) is 8.10. The molecule has 5 nitrogen and oxygen atoms in total. The molecule has 28 heavy (non-hydrogen) atoms. The summed E-state index contributed by atoms with van der Waals surface area (Å²) < 4.78 is 27.8.